The maximum Gasteiger partial charge on any atom is 0.484 e. The lowest BCUT2D eigenvalue weighted by atomic mass is 9.90. The molecule has 1 atom stereocenters. The van der Waals surface area contributed by atoms with Gasteiger partial charge in [-0.2, -0.15) is 0 Å². The summed E-state index contributed by atoms with van der Waals surface area (Å²) >= 11 is 0. The number of esters is 11. The van der Waals surface area contributed by atoms with Crippen LogP contribution in [0.25, 0.3) is 0 Å². The molecule has 0 aliphatic rings. The van der Waals surface area contributed by atoms with Gasteiger partial charge >= 0.3 is 65.7 Å². The van der Waals surface area contributed by atoms with Gasteiger partial charge in [-0.25, -0.2) is 47.9 Å². The predicted octanol–water partition coefficient (Wildman–Crippen LogP) is 1.77. The quantitative estimate of drug-likeness (QED) is 0.0394. The fraction of sp³-hybridized carbons (Fsp3) is 0.377. The van der Waals surface area contributed by atoms with Gasteiger partial charge in [0.2, 0.25) is 6.08 Å². The third-order valence-corrected chi connectivity index (χ3v) is 9.50. The first-order chi connectivity index (χ1) is 37.0. The summed E-state index contributed by atoms with van der Waals surface area (Å²) in [5, 5.41) is 10.0. The second-order valence-electron chi connectivity index (χ2n) is 16.0. The molecule has 0 aromatic carbocycles. The van der Waals surface area contributed by atoms with E-state index in [9.17, 15) is 57.8 Å². The van der Waals surface area contributed by atoms with E-state index in [1.165, 1.54) is 0 Å². The van der Waals surface area contributed by atoms with Crippen LogP contribution in [-0.2, 0) is 114 Å². The third-order valence-electron chi connectivity index (χ3n) is 9.50. The zero-order chi connectivity index (χ0) is 59.6. The molecule has 0 aromatic heterocycles. The smallest absolute Gasteiger partial charge is 0.462 e. The number of aliphatic hydroxyl groups excluding tert-OH is 1. The van der Waals surface area contributed by atoms with Crippen LogP contribution in [-0.4, -0.2) is 176 Å². The average Bonchev–Trinajstić information content (AvgIpc) is 3.46. The highest BCUT2D eigenvalue weighted by Gasteiger charge is 2.42. The normalized spacial score (nSPS) is 11.2. The van der Waals surface area contributed by atoms with E-state index in [4.69, 9.17) is 68.2 Å². The highest BCUT2D eigenvalue weighted by Crippen LogP contribution is 2.28. The highest BCUT2D eigenvalue weighted by molar-refractivity contribution is 5.85. The van der Waals surface area contributed by atoms with E-state index >= 15 is 0 Å². The molecule has 1 N–H and O–H groups in total. The molecule has 0 saturated heterocycles. The fourth-order valence-corrected chi connectivity index (χ4v) is 5.08. The van der Waals surface area contributed by atoms with Crippen molar-refractivity contribution in [1.82, 2.24) is 0 Å². The van der Waals surface area contributed by atoms with E-state index in [-0.39, 0.29) is 6.61 Å². The van der Waals surface area contributed by atoms with Crippen molar-refractivity contribution < 1.29 is 119 Å². The van der Waals surface area contributed by atoms with E-state index in [1.807, 2.05) is 0 Å². The fourth-order valence-electron chi connectivity index (χ4n) is 5.08. The van der Waals surface area contributed by atoms with Gasteiger partial charge in [-0.1, -0.05) is 65.8 Å². The van der Waals surface area contributed by atoms with Crippen molar-refractivity contribution >= 4 is 65.7 Å². The SMILES string of the molecule is C=CC(=O)OCC(COCC(COC(=O)C=C)(COC(=O)C=C)COC(=O)C=C)(COC(=O)C=C)COC(=O)C=C.[CH+]=CC(=O)OCC(CO)(COCC(COC(=O)C=C)(COC(=O)C=C)COC(=O)C=C)COC(=O)C=C. The van der Waals surface area contributed by atoms with E-state index in [0.717, 1.165) is 60.8 Å². The predicted molar refractivity (Wildman–Crippen MR) is 270 cm³/mol. The molecule has 0 aromatic rings. The lowest BCUT2D eigenvalue weighted by Gasteiger charge is -2.35. The summed E-state index contributed by atoms with van der Waals surface area (Å²) in [5.41, 5.74) is -5.89. The molecule has 0 bridgehead atoms. The van der Waals surface area contributed by atoms with Gasteiger partial charge in [0.25, 0.3) is 0 Å². The largest absolute Gasteiger partial charge is 0.484 e. The van der Waals surface area contributed by atoms with E-state index < -0.39 is 186 Å². The van der Waals surface area contributed by atoms with Gasteiger partial charge in [0.05, 0.1) is 61.3 Å². The van der Waals surface area contributed by atoms with Crippen molar-refractivity contribution in [2.75, 3.05) is 106 Å². The van der Waals surface area contributed by atoms with Crippen LogP contribution in [0, 0.1) is 28.2 Å². The van der Waals surface area contributed by atoms with Crippen molar-refractivity contribution in [3.05, 3.63) is 139 Å². The van der Waals surface area contributed by atoms with Crippen molar-refractivity contribution in [3.8, 4) is 0 Å². The van der Waals surface area contributed by atoms with Crippen LogP contribution in [0.5, 0.6) is 0 Å². The Labute approximate surface area is 450 Å². The zero-order valence-corrected chi connectivity index (χ0v) is 43.1. The highest BCUT2D eigenvalue weighted by atomic mass is 16.6. The molecule has 0 amide bonds. The first kappa shape index (κ1) is 71.2. The Balaban J connectivity index is 0. The standard InChI is InChI=1S/C28H34O13.C25H31O12/c1-7-21(29)36-15-27(16-37-22(30)8-2,17-38-23(31)9-3)13-35-14-28(18-39-24(32)10-4,19-40-25(33)11-5)20-41-26(34)12-6;1-6-19(27)33-14-24(11-26,15-34-20(28)7-2)12-32-13-25(16-35-21(29)8-3,17-36-22(30)9-4)18-37-23(31)10-5/h7-12H,1-6,13-20H2;1,6-10,26H,2-5,11-18H2/q;+1. The Morgan fingerprint density at radius 3 is 0.551 bits per heavy atom. The summed E-state index contributed by atoms with van der Waals surface area (Å²) in [7, 11) is 0. The molecule has 0 rings (SSSR count). The van der Waals surface area contributed by atoms with Crippen LogP contribution in [0.1, 0.15) is 0 Å². The molecule has 25 nitrogen and oxygen atoms in total. The molecule has 1 unspecified atom stereocenters. The molecule has 25 heteroatoms. The van der Waals surface area contributed by atoms with Crippen LogP contribution in [0.2, 0.25) is 0 Å². The van der Waals surface area contributed by atoms with Crippen molar-refractivity contribution in [3.63, 3.8) is 0 Å². The maximum atomic E-state index is 11.8. The lowest BCUT2D eigenvalue weighted by molar-refractivity contribution is -0.172. The number of hydrogen-bond acceptors (Lipinski definition) is 25. The Hall–Kier alpha value is -8.90. The minimum Gasteiger partial charge on any atom is -0.462 e. The molecular formula is C53H65O25+. The average molecular weight is 1100 g/mol. The molecule has 78 heavy (non-hydrogen) atoms. The number of aliphatic hydroxyl groups is 1. The zero-order valence-electron chi connectivity index (χ0n) is 43.1. The third kappa shape index (κ3) is 30.5. The number of carbonyl (C=O) groups excluding carboxylic acids is 11. The van der Waals surface area contributed by atoms with Gasteiger partial charge in [0, 0.05) is 60.8 Å². The van der Waals surface area contributed by atoms with Gasteiger partial charge in [0.1, 0.15) is 72.7 Å². The van der Waals surface area contributed by atoms with Crippen LogP contribution in [0.15, 0.2) is 133 Å². The number of rotatable bonds is 42. The molecule has 0 fully saturated rings. The Morgan fingerprint density at radius 2 is 0.410 bits per heavy atom. The maximum absolute atomic E-state index is 11.8. The number of ether oxygens (including phenoxy) is 13. The minimum absolute atomic E-state index is 0.389. The van der Waals surface area contributed by atoms with Crippen LogP contribution < -0.4 is 0 Å². The first-order valence-corrected chi connectivity index (χ1v) is 22.4. The van der Waals surface area contributed by atoms with Crippen molar-refractivity contribution in [2.45, 2.75) is 0 Å². The number of carbonyl (C=O) groups is 11. The summed E-state index contributed by atoms with van der Waals surface area (Å²) in [6.45, 7) is 30.6. The minimum atomic E-state index is -1.49. The van der Waals surface area contributed by atoms with E-state index in [1.54, 1.807) is 0 Å². The van der Waals surface area contributed by atoms with Gasteiger partial charge in [-0.05, 0) is 0 Å². The summed E-state index contributed by atoms with van der Waals surface area (Å²) in [6.07, 6.45) is 9.55. The second-order valence-corrected chi connectivity index (χ2v) is 16.0. The summed E-state index contributed by atoms with van der Waals surface area (Å²) in [4.78, 5) is 129. The molecule has 0 radical (unpaired) electrons. The van der Waals surface area contributed by atoms with Crippen LogP contribution in [0.3, 0.4) is 0 Å². The number of hydrogen-bond donors (Lipinski definition) is 1. The summed E-state index contributed by atoms with van der Waals surface area (Å²) in [6, 6.07) is 0. The van der Waals surface area contributed by atoms with Crippen LogP contribution >= 0.6 is 0 Å². The van der Waals surface area contributed by atoms with Gasteiger partial charge in [-0.15, -0.1) is 4.79 Å². The topological polar surface area (TPSA) is 328 Å². The Kier molecular flexibility index (Phi) is 36.0. The molecule has 0 saturated carbocycles. The first-order valence-electron chi connectivity index (χ1n) is 22.4. The molecule has 0 spiro atoms. The van der Waals surface area contributed by atoms with Gasteiger partial charge in [0.15, 0.2) is 0 Å². The molecule has 0 aliphatic carbocycles. The van der Waals surface area contributed by atoms with E-state index in [2.05, 4.69) is 65.8 Å². The van der Waals surface area contributed by atoms with Crippen LogP contribution in [0.4, 0.5) is 0 Å². The van der Waals surface area contributed by atoms with E-state index in [0.29, 0.717) is 6.08 Å². The Bertz CT molecular complexity index is 1920. The lowest BCUT2D eigenvalue weighted by Crippen LogP contribution is -2.47. The Morgan fingerprint density at radius 1 is 0.269 bits per heavy atom. The molecule has 426 valence electrons. The summed E-state index contributed by atoms with van der Waals surface area (Å²) < 4.78 is 67.7. The molecular weight excluding hydrogens is 1040 g/mol. The molecule has 0 aliphatic heterocycles. The van der Waals surface area contributed by atoms with Crippen molar-refractivity contribution in [2.24, 2.45) is 21.7 Å². The van der Waals surface area contributed by atoms with Crippen molar-refractivity contribution in [1.29, 1.82) is 0 Å². The molecule has 0 heterocycles. The second kappa shape index (κ2) is 39.5. The summed E-state index contributed by atoms with van der Waals surface area (Å²) in [5.74, 6) is -9.19. The van der Waals surface area contributed by atoms with Gasteiger partial charge in [-0.3, -0.25) is 0 Å². The van der Waals surface area contributed by atoms with Gasteiger partial charge < -0.3 is 66.7 Å². The monoisotopic (exact) mass is 1100 g/mol.